The summed E-state index contributed by atoms with van der Waals surface area (Å²) in [6.45, 7) is 5.33. The summed E-state index contributed by atoms with van der Waals surface area (Å²) < 4.78 is 0. The highest BCUT2D eigenvalue weighted by Crippen LogP contribution is 2.24. The minimum Gasteiger partial charge on any atom is -0.324 e. The highest BCUT2D eigenvalue weighted by Gasteiger charge is 2.19. The van der Waals surface area contributed by atoms with Crippen molar-refractivity contribution in [2.24, 2.45) is 0 Å². The number of benzene rings is 2. The van der Waals surface area contributed by atoms with Gasteiger partial charge in [-0.25, -0.2) is 0 Å². The Kier molecular flexibility index (Phi) is 5.91. The Morgan fingerprint density at radius 2 is 1.76 bits per heavy atom. The zero-order chi connectivity index (χ0) is 18.4. The van der Waals surface area contributed by atoms with Gasteiger partial charge in [-0.1, -0.05) is 44.2 Å². The molecule has 0 aliphatic rings. The van der Waals surface area contributed by atoms with Crippen molar-refractivity contribution in [1.29, 1.82) is 5.26 Å². The highest BCUT2D eigenvalue weighted by molar-refractivity contribution is 6.02. The van der Waals surface area contributed by atoms with E-state index in [1.165, 1.54) is 11.8 Å². The molecule has 1 N–H and O–H groups in total. The average Bonchev–Trinajstić information content (AvgIpc) is 2.59. The molecule has 0 radical (unpaired) electrons. The van der Waals surface area contributed by atoms with E-state index < -0.39 is 0 Å². The van der Waals surface area contributed by atoms with E-state index in [4.69, 9.17) is 0 Å². The van der Waals surface area contributed by atoms with Crippen LogP contribution in [0.25, 0.3) is 0 Å². The number of amides is 2. The van der Waals surface area contributed by atoms with Crippen LogP contribution in [0.5, 0.6) is 0 Å². The maximum atomic E-state index is 12.5. The standard InChI is InChI=1S/C20H21N3O2/c1-14(2)17-9-5-6-10-18(17)22-20(25)13-23(15(3)24)19-11-7-4-8-16(19)12-21/h4-11,14H,13H2,1-3H3,(H,22,25). The number of rotatable bonds is 5. The average molecular weight is 335 g/mol. The first-order chi connectivity index (χ1) is 11.9. The molecule has 2 rings (SSSR count). The van der Waals surface area contributed by atoms with Crippen LogP contribution < -0.4 is 10.2 Å². The Bertz CT molecular complexity index is 822. The molecule has 0 saturated carbocycles. The Morgan fingerprint density at radius 1 is 1.12 bits per heavy atom. The monoisotopic (exact) mass is 335 g/mol. The van der Waals surface area contributed by atoms with E-state index >= 15 is 0 Å². The molecule has 5 heteroatoms. The van der Waals surface area contributed by atoms with Crippen LogP contribution in [0.3, 0.4) is 0 Å². The predicted molar refractivity (Wildman–Crippen MR) is 98.3 cm³/mol. The van der Waals surface area contributed by atoms with Gasteiger partial charge in [-0.3, -0.25) is 9.59 Å². The summed E-state index contributed by atoms with van der Waals surface area (Å²) in [5, 5.41) is 12.1. The summed E-state index contributed by atoms with van der Waals surface area (Å²) in [6.07, 6.45) is 0. The molecule has 0 atom stereocenters. The van der Waals surface area contributed by atoms with Crippen LogP contribution in [0.4, 0.5) is 11.4 Å². The summed E-state index contributed by atoms with van der Waals surface area (Å²) in [4.78, 5) is 25.8. The first-order valence-electron chi connectivity index (χ1n) is 8.10. The van der Waals surface area contributed by atoms with E-state index in [9.17, 15) is 14.9 Å². The molecule has 0 fully saturated rings. The van der Waals surface area contributed by atoms with Gasteiger partial charge < -0.3 is 10.2 Å². The summed E-state index contributed by atoms with van der Waals surface area (Å²) >= 11 is 0. The second-order valence-corrected chi connectivity index (χ2v) is 6.02. The molecule has 0 heterocycles. The second-order valence-electron chi connectivity index (χ2n) is 6.02. The fraction of sp³-hybridized carbons (Fsp3) is 0.250. The fourth-order valence-electron chi connectivity index (χ4n) is 2.62. The Morgan fingerprint density at radius 3 is 2.40 bits per heavy atom. The van der Waals surface area contributed by atoms with Crippen molar-refractivity contribution in [2.75, 3.05) is 16.8 Å². The van der Waals surface area contributed by atoms with Gasteiger partial charge in [0.2, 0.25) is 11.8 Å². The van der Waals surface area contributed by atoms with Crippen molar-refractivity contribution in [1.82, 2.24) is 0 Å². The number of carbonyl (C=O) groups excluding carboxylic acids is 2. The van der Waals surface area contributed by atoms with Gasteiger partial charge in [0.25, 0.3) is 0 Å². The van der Waals surface area contributed by atoms with Crippen molar-refractivity contribution in [2.45, 2.75) is 26.7 Å². The second kappa shape index (κ2) is 8.11. The number of anilines is 2. The summed E-state index contributed by atoms with van der Waals surface area (Å²) in [7, 11) is 0. The molecule has 0 bridgehead atoms. The normalized spacial score (nSPS) is 10.2. The van der Waals surface area contributed by atoms with E-state index in [2.05, 4.69) is 25.2 Å². The van der Waals surface area contributed by atoms with E-state index in [1.54, 1.807) is 24.3 Å². The predicted octanol–water partition coefficient (Wildman–Crippen LogP) is 3.67. The zero-order valence-corrected chi connectivity index (χ0v) is 14.6. The van der Waals surface area contributed by atoms with Gasteiger partial charge >= 0.3 is 0 Å². The van der Waals surface area contributed by atoms with E-state index in [0.717, 1.165) is 11.3 Å². The Balaban J connectivity index is 2.23. The SMILES string of the molecule is CC(=O)N(CC(=O)Nc1ccccc1C(C)C)c1ccccc1C#N. The molecule has 25 heavy (non-hydrogen) atoms. The van der Waals surface area contributed by atoms with Gasteiger partial charge in [0.1, 0.15) is 12.6 Å². The molecule has 0 saturated heterocycles. The van der Waals surface area contributed by atoms with Crippen LogP contribution in [0.2, 0.25) is 0 Å². The van der Waals surface area contributed by atoms with Crippen LogP contribution in [0.1, 0.15) is 37.8 Å². The number of nitrogens with one attached hydrogen (secondary N) is 1. The molecule has 2 amide bonds. The van der Waals surface area contributed by atoms with E-state index in [1.807, 2.05) is 24.3 Å². The third-order valence-electron chi connectivity index (χ3n) is 3.85. The third kappa shape index (κ3) is 4.45. The van der Waals surface area contributed by atoms with Crippen molar-refractivity contribution in [3.63, 3.8) is 0 Å². The maximum absolute atomic E-state index is 12.5. The molecular formula is C20H21N3O2. The van der Waals surface area contributed by atoms with Gasteiger partial charge in [0.05, 0.1) is 11.3 Å². The van der Waals surface area contributed by atoms with Crippen molar-refractivity contribution in [3.8, 4) is 6.07 Å². The third-order valence-corrected chi connectivity index (χ3v) is 3.85. The number of hydrogen-bond donors (Lipinski definition) is 1. The Labute approximate surface area is 147 Å². The number of para-hydroxylation sites is 2. The molecule has 0 unspecified atom stereocenters. The zero-order valence-electron chi connectivity index (χ0n) is 14.6. The van der Waals surface area contributed by atoms with E-state index in [0.29, 0.717) is 11.3 Å². The molecule has 5 nitrogen and oxygen atoms in total. The molecule has 128 valence electrons. The van der Waals surface area contributed by atoms with Crippen molar-refractivity contribution >= 4 is 23.2 Å². The number of nitriles is 1. The first kappa shape index (κ1) is 18.2. The van der Waals surface area contributed by atoms with Gasteiger partial charge in [-0.2, -0.15) is 5.26 Å². The quantitative estimate of drug-likeness (QED) is 0.906. The number of nitrogens with zero attached hydrogens (tertiary/aromatic N) is 2. The van der Waals surface area contributed by atoms with Crippen LogP contribution in [0, 0.1) is 11.3 Å². The van der Waals surface area contributed by atoms with Gasteiger partial charge in [0, 0.05) is 12.6 Å². The van der Waals surface area contributed by atoms with Gasteiger partial charge in [0.15, 0.2) is 0 Å². The lowest BCUT2D eigenvalue weighted by atomic mass is 10.0. The largest absolute Gasteiger partial charge is 0.324 e. The lowest BCUT2D eigenvalue weighted by Gasteiger charge is -2.22. The minimum absolute atomic E-state index is 0.152. The highest BCUT2D eigenvalue weighted by atomic mass is 16.2. The lowest BCUT2D eigenvalue weighted by Crippen LogP contribution is -2.37. The summed E-state index contributed by atoms with van der Waals surface area (Å²) in [5.74, 6) is -0.342. The minimum atomic E-state index is -0.309. The van der Waals surface area contributed by atoms with Gasteiger partial charge in [-0.15, -0.1) is 0 Å². The maximum Gasteiger partial charge on any atom is 0.244 e. The molecule has 0 aromatic heterocycles. The fourth-order valence-corrected chi connectivity index (χ4v) is 2.62. The summed E-state index contributed by atoms with van der Waals surface area (Å²) in [5.41, 5.74) is 2.56. The molecule has 2 aromatic carbocycles. The first-order valence-corrected chi connectivity index (χ1v) is 8.10. The van der Waals surface area contributed by atoms with E-state index in [-0.39, 0.29) is 24.3 Å². The molecular weight excluding hydrogens is 314 g/mol. The molecule has 0 spiro atoms. The Hall–Kier alpha value is -3.13. The smallest absolute Gasteiger partial charge is 0.244 e. The molecule has 0 aliphatic heterocycles. The van der Waals surface area contributed by atoms with Gasteiger partial charge in [-0.05, 0) is 29.7 Å². The van der Waals surface area contributed by atoms with Crippen LogP contribution in [-0.2, 0) is 9.59 Å². The molecule has 2 aromatic rings. The number of hydrogen-bond acceptors (Lipinski definition) is 3. The van der Waals surface area contributed by atoms with Crippen LogP contribution in [-0.4, -0.2) is 18.4 Å². The summed E-state index contributed by atoms with van der Waals surface area (Å²) in [6, 6.07) is 16.4. The topological polar surface area (TPSA) is 73.2 Å². The van der Waals surface area contributed by atoms with Crippen molar-refractivity contribution < 1.29 is 9.59 Å². The lowest BCUT2D eigenvalue weighted by molar-refractivity contribution is -0.120. The van der Waals surface area contributed by atoms with Crippen LogP contribution in [0.15, 0.2) is 48.5 Å². The number of carbonyl (C=O) groups is 2. The van der Waals surface area contributed by atoms with Crippen molar-refractivity contribution in [3.05, 3.63) is 59.7 Å². The molecule has 0 aliphatic carbocycles. The van der Waals surface area contributed by atoms with Crippen LogP contribution >= 0.6 is 0 Å².